The minimum absolute atomic E-state index is 0.00320. The van der Waals surface area contributed by atoms with E-state index in [-0.39, 0.29) is 11.9 Å². The summed E-state index contributed by atoms with van der Waals surface area (Å²) in [6.07, 6.45) is 3.57. The van der Waals surface area contributed by atoms with Crippen molar-refractivity contribution >= 4 is 17.5 Å². The van der Waals surface area contributed by atoms with Crippen molar-refractivity contribution in [1.82, 2.24) is 15.5 Å². The average molecular weight is 322 g/mol. The van der Waals surface area contributed by atoms with E-state index in [0.717, 1.165) is 24.8 Å². The van der Waals surface area contributed by atoms with Crippen molar-refractivity contribution in [3.63, 3.8) is 0 Å². The second kappa shape index (κ2) is 7.94. The van der Waals surface area contributed by atoms with Gasteiger partial charge < -0.3 is 9.84 Å². The third-order valence-corrected chi connectivity index (χ3v) is 3.51. The van der Waals surface area contributed by atoms with Gasteiger partial charge in [0.05, 0.1) is 0 Å². The maximum atomic E-state index is 11.8. The Hall–Kier alpha value is -1.88. The van der Waals surface area contributed by atoms with E-state index >= 15 is 0 Å². The molecule has 1 heterocycles. The molecular formula is C16H20ClN3O2. The molecule has 1 aromatic heterocycles. The number of nitrogens with one attached hydrogen (secondary N) is 1. The summed E-state index contributed by atoms with van der Waals surface area (Å²) < 4.78 is 5.23. The molecule has 1 amide bonds. The lowest BCUT2D eigenvalue weighted by molar-refractivity contribution is -0.122. The molecule has 0 saturated heterocycles. The largest absolute Gasteiger partial charge is 0.345 e. The van der Waals surface area contributed by atoms with Crippen LogP contribution in [0.15, 0.2) is 28.8 Å². The van der Waals surface area contributed by atoms with Gasteiger partial charge in [0.1, 0.15) is 6.04 Å². The summed E-state index contributed by atoms with van der Waals surface area (Å²) >= 11 is 5.95. The van der Waals surface area contributed by atoms with Crippen molar-refractivity contribution in [1.29, 1.82) is 0 Å². The van der Waals surface area contributed by atoms with Crippen LogP contribution >= 0.6 is 11.6 Å². The van der Waals surface area contributed by atoms with Gasteiger partial charge in [0.2, 0.25) is 17.6 Å². The maximum Gasteiger partial charge on any atom is 0.249 e. The highest BCUT2D eigenvalue weighted by Crippen LogP contribution is 2.21. The number of halogens is 1. The Labute approximate surface area is 135 Å². The minimum atomic E-state index is -0.311. The molecule has 5 nitrogen and oxygen atoms in total. The van der Waals surface area contributed by atoms with Crippen LogP contribution in [0.5, 0.6) is 0 Å². The van der Waals surface area contributed by atoms with Crippen LogP contribution in [0.4, 0.5) is 0 Å². The van der Waals surface area contributed by atoms with E-state index in [4.69, 9.17) is 16.1 Å². The van der Waals surface area contributed by atoms with Crippen molar-refractivity contribution in [2.75, 3.05) is 0 Å². The van der Waals surface area contributed by atoms with E-state index in [1.165, 1.54) is 0 Å². The lowest BCUT2D eigenvalue weighted by Crippen LogP contribution is -2.26. The van der Waals surface area contributed by atoms with Crippen LogP contribution in [0.25, 0.3) is 11.4 Å². The Balaban J connectivity index is 1.97. The van der Waals surface area contributed by atoms with E-state index < -0.39 is 0 Å². The number of hydrogen-bond acceptors (Lipinski definition) is 4. The number of carbonyl (C=O) groups is 1. The Morgan fingerprint density at radius 1 is 1.41 bits per heavy atom. The summed E-state index contributed by atoms with van der Waals surface area (Å²) in [6.45, 7) is 3.93. The molecule has 0 saturated carbocycles. The van der Waals surface area contributed by atoms with Crippen molar-refractivity contribution in [3.8, 4) is 11.4 Å². The zero-order valence-electron chi connectivity index (χ0n) is 12.8. The first kappa shape index (κ1) is 16.5. The summed E-state index contributed by atoms with van der Waals surface area (Å²) in [7, 11) is 0. The van der Waals surface area contributed by atoms with Crippen molar-refractivity contribution in [3.05, 3.63) is 35.2 Å². The molecule has 1 unspecified atom stereocenters. The quantitative estimate of drug-likeness (QED) is 0.778. The molecule has 1 aromatic carbocycles. The van der Waals surface area contributed by atoms with Crippen molar-refractivity contribution < 1.29 is 9.32 Å². The monoisotopic (exact) mass is 321 g/mol. The van der Waals surface area contributed by atoms with Crippen molar-refractivity contribution in [2.24, 2.45) is 0 Å². The van der Waals surface area contributed by atoms with Crippen LogP contribution in [0.2, 0.25) is 5.02 Å². The topological polar surface area (TPSA) is 68.0 Å². The zero-order valence-corrected chi connectivity index (χ0v) is 13.6. The van der Waals surface area contributed by atoms with Gasteiger partial charge in [0.15, 0.2) is 0 Å². The standard InChI is InChI=1S/C16H20ClN3O2/c1-3-4-5-9-14(21)18-11(2)16-19-15(20-22-16)12-7-6-8-13(17)10-12/h6-8,10-11H,3-5,9H2,1-2H3,(H,18,21). The molecule has 22 heavy (non-hydrogen) atoms. The van der Waals surface area contributed by atoms with Crippen LogP contribution in [-0.2, 0) is 4.79 Å². The van der Waals surface area contributed by atoms with E-state index in [0.29, 0.717) is 23.2 Å². The summed E-state index contributed by atoms with van der Waals surface area (Å²) in [5, 5.41) is 7.42. The molecule has 0 spiro atoms. The van der Waals surface area contributed by atoms with Gasteiger partial charge in [0.25, 0.3) is 0 Å². The summed E-state index contributed by atoms with van der Waals surface area (Å²) in [4.78, 5) is 16.1. The van der Waals surface area contributed by atoms with Crippen LogP contribution in [0.3, 0.4) is 0 Å². The molecule has 2 rings (SSSR count). The molecule has 0 aliphatic rings. The predicted octanol–water partition coefficient (Wildman–Crippen LogP) is 4.15. The van der Waals surface area contributed by atoms with Gasteiger partial charge in [-0.05, 0) is 25.5 Å². The highest BCUT2D eigenvalue weighted by atomic mass is 35.5. The van der Waals surface area contributed by atoms with Gasteiger partial charge in [-0.15, -0.1) is 0 Å². The van der Waals surface area contributed by atoms with Gasteiger partial charge in [-0.25, -0.2) is 0 Å². The summed E-state index contributed by atoms with van der Waals surface area (Å²) in [5.74, 6) is 0.854. The lowest BCUT2D eigenvalue weighted by Gasteiger charge is -2.09. The SMILES string of the molecule is CCCCCC(=O)NC(C)c1nc(-c2cccc(Cl)c2)no1. The van der Waals surface area contributed by atoms with E-state index in [2.05, 4.69) is 22.4 Å². The number of carbonyl (C=O) groups excluding carboxylic acids is 1. The molecule has 118 valence electrons. The minimum Gasteiger partial charge on any atom is -0.345 e. The first-order chi connectivity index (χ1) is 10.6. The fourth-order valence-electron chi connectivity index (χ4n) is 2.07. The summed E-state index contributed by atoms with van der Waals surface area (Å²) in [6, 6.07) is 6.92. The zero-order chi connectivity index (χ0) is 15.9. The van der Waals surface area contributed by atoms with Crippen LogP contribution in [0, 0.1) is 0 Å². The number of unbranched alkanes of at least 4 members (excludes halogenated alkanes) is 2. The van der Waals surface area contributed by atoms with Gasteiger partial charge in [-0.1, -0.05) is 48.7 Å². The Bertz CT molecular complexity index is 627. The Morgan fingerprint density at radius 3 is 2.95 bits per heavy atom. The van der Waals surface area contributed by atoms with Gasteiger partial charge >= 0.3 is 0 Å². The van der Waals surface area contributed by atoms with Crippen LogP contribution in [0.1, 0.15) is 51.5 Å². The molecule has 0 radical (unpaired) electrons. The fourth-order valence-corrected chi connectivity index (χ4v) is 2.26. The molecule has 1 atom stereocenters. The number of hydrogen-bond donors (Lipinski definition) is 1. The third-order valence-electron chi connectivity index (χ3n) is 3.28. The molecule has 0 fully saturated rings. The number of rotatable bonds is 7. The molecule has 0 bridgehead atoms. The van der Waals surface area contributed by atoms with Gasteiger partial charge in [0, 0.05) is 17.0 Å². The molecule has 2 aromatic rings. The fraction of sp³-hybridized carbons (Fsp3) is 0.438. The molecular weight excluding hydrogens is 302 g/mol. The smallest absolute Gasteiger partial charge is 0.249 e. The third kappa shape index (κ3) is 4.56. The highest BCUT2D eigenvalue weighted by Gasteiger charge is 2.17. The number of nitrogens with zero attached hydrogens (tertiary/aromatic N) is 2. The second-order valence-corrected chi connectivity index (χ2v) is 5.65. The number of benzene rings is 1. The van der Waals surface area contributed by atoms with Crippen LogP contribution < -0.4 is 5.32 Å². The first-order valence-corrected chi connectivity index (χ1v) is 7.87. The van der Waals surface area contributed by atoms with Crippen molar-refractivity contribution in [2.45, 2.75) is 45.6 Å². The van der Waals surface area contributed by atoms with E-state index in [1.807, 2.05) is 19.1 Å². The number of amides is 1. The maximum absolute atomic E-state index is 11.8. The molecule has 0 aliphatic carbocycles. The van der Waals surface area contributed by atoms with Gasteiger partial charge in [-0.2, -0.15) is 4.98 Å². The molecule has 6 heteroatoms. The van der Waals surface area contributed by atoms with E-state index in [9.17, 15) is 4.79 Å². The molecule has 1 N–H and O–H groups in total. The van der Waals surface area contributed by atoms with Gasteiger partial charge in [-0.3, -0.25) is 4.79 Å². The first-order valence-electron chi connectivity index (χ1n) is 7.49. The highest BCUT2D eigenvalue weighted by molar-refractivity contribution is 6.30. The van der Waals surface area contributed by atoms with E-state index in [1.54, 1.807) is 12.1 Å². The second-order valence-electron chi connectivity index (χ2n) is 5.21. The Kier molecular flexibility index (Phi) is 5.95. The average Bonchev–Trinajstić information content (AvgIpc) is 2.97. The summed E-state index contributed by atoms with van der Waals surface area (Å²) in [5.41, 5.74) is 0.781. The lowest BCUT2D eigenvalue weighted by atomic mass is 10.2. The molecule has 0 aliphatic heterocycles. The number of aromatic nitrogens is 2. The van der Waals surface area contributed by atoms with Crippen LogP contribution in [-0.4, -0.2) is 16.0 Å². The predicted molar refractivity (Wildman–Crippen MR) is 85.4 cm³/mol. The normalized spacial score (nSPS) is 12.1. The Morgan fingerprint density at radius 2 is 2.23 bits per heavy atom.